The average Bonchev–Trinajstić information content (AvgIpc) is 2.37. The van der Waals surface area contributed by atoms with Gasteiger partial charge in [0, 0.05) is 16.3 Å². The van der Waals surface area contributed by atoms with E-state index in [1.54, 1.807) is 36.4 Å². The van der Waals surface area contributed by atoms with Crippen molar-refractivity contribution in [2.45, 2.75) is 6.04 Å². The van der Waals surface area contributed by atoms with Gasteiger partial charge in [0.15, 0.2) is 0 Å². The molecule has 0 bridgehead atoms. The van der Waals surface area contributed by atoms with Crippen LogP contribution in [0.5, 0.6) is 0 Å². The Kier molecular flexibility index (Phi) is 4.02. The first kappa shape index (κ1) is 13.4. The van der Waals surface area contributed by atoms with Gasteiger partial charge < -0.3 is 11.1 Å². The molecule has 0 spiro atoms. The lowest BCUT2D eigenvalue weighted by Crippen LogP contribution is -2.28. The zero-order chi connectivity index (χ0) is 13.8. The Bertz CT molecular complexity index is 604. The van der Waals surface area contributed by atoms with Gasteiger partial charge in [-0.15, -0.1) is 0 Å². The third kappa shape index (κ3) is 3.23. The molecule has 0 aliphatic rings. The highest BCUT2D eigenvalue weighted by atomic mass is 35.5. The third-order valence-corrected chi connectivity index (χ3v) is 2.87. The van der Waals surface area contributed by atoms with Gasteiger partial charge in [-0.25, -0.2) is 4.39 Å². The van der Waals surface area contributed by atoms with E-state index < -0.39 is 17.8 Å². The number of carbonyl (C=O) groups is 1. The summed E-state index contributed by atoms with van der Waals surface area (Å²) in [5.74, 6) is -1.15. The SMILES string of the molecule is NC(=O)C(Nc1cccc(Cl)c1)c1ccccc1F. The number of nitrogens with one attached hydrogen (secondary N) is 1. The number of rotatable bonds is 4. The summed E-state index contributed by atoms with van der Waals surface area (Å²) >= 11 is 5.85. The Morgan fingerprint density at radius 3 is 2.58 bits per heavy atom. The molecule has 1 amide bonds. The molecule has 1 atom stereocenters. The van der Waals surface area contributed by atoms with E-state index in [9.17, 15) is 9.18 Å². The van der Waals surface area contributed by atoms with Crippen molar-refractivity contribution in [1.29, 1.82) is 0 Å². The first-order valence-corrected chi connectivity index (χ1v) is 6.01. The Hall–Kier alpha value is -2.07. The maximum atomic E-state index is 13.7. The fourth-order valence-electron chi connectivity index (χ4n) is 1.76. The molecule has 0 heterocycles. The van der Waals surface area contributed by atoms with Gasteiger partial charge in [-0.05, 0) is 24.3 Å². The van der Waals surface area contributed by atoms with Crippen LogP contribution in [0.4, 0.5) is 10.1 Å². The number of primary amides is 1. The van der Waals surface area contributed by atoms with E-state index in [0.717, 1.165) is 0 Å². The van der Waals surface area contributed by atoms with Crippen LogP contribution in [-0.2, 0) is 4.79 Å². The monoisotopic (exact) mass is 278 g/mol. The van der Waals surface area contributed by atoms with Crippen LogP contribution >= 0.6 is 11.6 Å². The summed E-state index contributed by atoms with van der Waals surface area (Å²) in [6.45, 7) is 0. The average molecular weight is 279 g/mol. The highest BCUT2D eigenvalue weighted by Gasteiger charge is 2.20. The number of nitrogens with two attached hydrogens (primary N) is 1. The van der Waals surface area contributed by atoms with Crippen LogP contribution in [0.2, 0.25) is 5.02 Å². The van der Waals surface area contributed by atoms with Crippen LogP contribution in [0.1, 0.15) is 11.6 Å². The van der Waals surface area contributed by atoms with Crippen molar-refractivity contribution >= 4 is 23.2 Å². The molecule has 0 fully saturated rings. The maximum Gasteiger partial charge on any atom is 0.244 e. The van der Waals surface area contributed by atoms with E-state index in [2.05, 4.69) is 5.32 Å². The van der Waals surface area contributed by atoms with Crippen molar-refractivity contribution in [3.63, 3.8) is 0 Å². The summed E-state index contributed by atoms with van der Waals surface area (Å²) < 4.78 is 13.7. The molecule has 0 radical (unpaired) electrons. The number of hydrogen-bond donors (Lipinski definition) is 2. The molecule has 0 aromatic heterocycles. The van der Waals surface area contributed by atoms with Gasteiger partial charge in [-0.1, -0.05) is 35.9 Å². The third-order valence-electron chi connectivity index (χ3n) is 2.64. The molecule has 0 saturated heterocycles. The standard InChI is InChI=1S/C14H12ClFN2O/c15-9-4-3-5-10(8-9)18-13(14(17)19)11-6-1-2-7-12(11)16/h1-8,13,18H,(H2,17,19). The summed E-state index contributed by atoms with van der Waals surface area (Å²) in [6, 6.07) is 11.8. The molecular weight excluding hydrogens is 267 g/mol. The second-order valence-corrected chi connectivity index (χ2v) is 4.45. The largest absolute Gasteiger partial charge is 0.370 e. The Balaban J connectivity index is 2.32. The van der Waals surface area contributed by atoms with E-state index in [1.807, 2.05) is 0 Å². The van der Waals surface area contributed by atoms with E-state index >= 15 is 0 Å². The van der Waals surface area contributed by atoms with Crippen LogP contribution in [0, 0.1) is 5.82 Å². The summed E-state index contributed by atoms with van der Waals surface area (Å²) in [7, 11) is 0. The van der Waals surface area contributed by atoms with Gasteiger partial charge in [0.1, 0.15) is 11.9 Å². The van der Waals surface area contributed by atoms with E-state index in [-0.39, 0.29) is 5.56 Å². The van der Waals surface area contributed by atoms with Gasteiger partial charge in [-0.2, -0.15) is 0 Å². The molecule has 2 aromatic carbocycles. The van der Waals surface area contributed by atoms with Crippen LogP contribution in [0.25, 0.3) is 0 Å². The molecule has 98 valence electrons. The van der Waals surface area contributed by atoms with Crippen molar-refractivity contribution in [3.8, 4) is 0 Å². The molecule has 19 heavy (non-hydrogen) atoms. The molecule has 1 unspecified atom stereocenters. The van der Waals surface area contributed by atoms with Crippen molar-refractivity contribution in [2.75, 3.05) is 5.32 Å². The topological polar surface area (TPSA) is 55.1 Å². The van der Waals surface area contributed by atoms with E-state index in [1.165, 1.54) is 12.1 Å². The zero-order valence-electron chi connectivity index (χ0n) is 9.94. The normalized spacial score (nSPS) is 11.9. The molecular formula is C14H12ClFN2O. The van der Waals surface area contributed by atoms with Crippen LogP contribution in [0.3, 0.4) is 0 Å². The Morgan fingerprint density at radius 1 is 1.21 bits per heavy atom. The fraction of sp³-hybridized carbons (Fsp3) is 0.0714. The number of anilines is 1. The van der Waals surface area contributed by atoms with Crippen LogP contribution in [0.15, 0.2) is 48.5 Å². The smallest absolute Gasteiger partial charge is 0.244 e. The fourth-order valence-corrected chi connectivity index (χ4v) is 1.95. The molecule has 2 aromatic rings. The number of amides is 1. The first-order valence-electron chi connectivity index (χ1n) is 5.64. The summed E-state index contributed by atoms with van der Waals surface area (Å²) in [6.07, 6.45) is 0. The highest BCUT2D eigenvalue weighted by Crippen LogP contribution is 2.23. The van der Waals surface area contributed by atoms with Crippen LogP contribution in [-0.4, -0.2) is 5.91 Å². The minimum absolute atomic E-state index is 0.204. The lowest BCUT2D eigenvalue weighted by atomic mass is 10.1. The molecule has 2 rings (SSSR count). The van der Waals surface area contributed by atoms with Crippen molar-refractivity contribution in [3.05, 3.63) is 64.9 Å². The van der Waals surface area contributed by atoms with Gasteiger partial charge >= 0.3 is 0 Å². The lowest BCUT2D eigenvalue weighted by molar-refractivity contribution is -0.118. The van der Waals surface area contributed by atoms with Crippen molar-refractivity contribution < 1.29 is 9.18 Å². The zero-order valence-corrected chi connectivity index (χ0v) is 10.7. The van der Waals surface area contributed by atoms with Crippen LogP contribution < -0.4 is 11.1 Å². The first-order chi connectivity index (χ1) is 9.08. The van der Waals surface area contributed by atoms with Gasteiger partial charge in [0.2, 0.25) is 5.91 Å². The Morgan fingerprint density at radius 2 is 1.95 bits per heavy atom. The number of benzene rings is 2. The van der Waals surface area contributed by atoms with Gasteiger partial charge in [0.05, 0.1) is 0 Å². The predicted molar refractivity (Wildman–Crippen MR) is 73.4 cm³/mol. The Labute approximate surface area is 115 Å². The minimum atomic E-state index is -0.945. The van der Waals surface area contributed by atoms with E-state index in [4.69, 9.17) is 17.3 Å². The number of hydrogen-bond acceptors (Lipinski definition) is 2. The summed E-state index contributed by atoms with van der Waals surface area (Å²) in [5, 5.41) is 3.39. The molecule has 5 heteroatoms. The van der Waals surface area contributed by atoms with Gasteiger partial charge in [0.25, 0.3) is 0 Å². The van der Waals surface area contributed by atoms with Crippen molar-refractivity contribution in [2.24, 2.45) is 5.73 Å². The number of halogens is 2. The second-order valence-electron chi connectivity index (χ2n) is 4.01. The maximum absolute atomic E-state index is 13.7. The van der Waals surface area contributed by atoms with Crippen molar-refractivity contribution in [1.82, 2.24) is 0 Å². The highest BCUT2D eigenvalue weighted by molar-refractivity contribution is 6.30. The quantitative estimate of drug-likeness (QED) is 0.903. The number of carbonyl (C=O) groups excluding carboxylic acids is 1. The molecule has 3 nitrogen and oxygen atoms in total. The van der Waals surface area contributed by atoms with Gasteiger partial charge in [-0.3, -0.25) is 4.79 Å². The molecule has 0 aliphatic heterocycles. The second kappa shape index (κ2) is 5.71. The minimum Gasteiger partial charge on any atom is -0.370 e. The molecule has 0 saturated carbocycles. The predicted octanol–water partition coefficient (Wildman–Crippen LogP) is 3.12. The van der Waals surface area contributed by atoms with E-state index in [0.29, 0.717) is 10.7 Å². The molecule has 0 aliphatic carbocycles. The lowest BCUT2D eigenvalue weighted by Gasteiger charge is -2.17. The molecule has 3 N–H and O–H groups in total. The summed E-state index contributed by atoms with van der Waals surface area (Å²) in [5.41, 5.74) is 6.12. The summed E-state index contributed by atoms with van der Waals surface area (Å²) in [4.78, 5) is 11.5.